The van der Waals surface area contributed by atoms with E-state index >= 15 is 0 Å². The molecule has 1 N–H and O–H groups in total. The summed E-state index contributed by atoms with van der Waals surface area (Å²) in [6.07, 6.45) is -2.60. The summed E-state index contributed by atoms with van der Waals surface area (Å²) in [5.41, 5.74) is 0.797. The zero-order chi connectivity index (χ0) is 15.7. The fourth-order valence-corrected chi connectivity index (χ4v) is 3.27. The molecule has 2 aliphatic rings. The minimum Gasteiger partial charge on any atom is -0.395 e. The summed E-state index contributed by atoms with van der Waals surface area (Å²) < 4.78 is 36.3. The number of rotatable bonds is 4. The second-order valence-electron chi connectivity index (χ2n) is 5.96. The van der Waals surface area contributed by atoms with Gasteiger partial charge in [-0.2, -0.15) is 0 Å². The Morgan fingerprint density at radius 1 is 1.21 bits per heavy atom. The van der Waals surface area contributed by atoms with Crippen LogP contribution in [0.2, 0.25) is 0 Å². The quantitative estimate of drug-likeness (QED) is 0.854. The van der Waals surface area contributed by atoms with Crippen LogP contribution in [0.5, 0.6) is 11.5 Å². The lowest BCUT2D eigenvalue weighted by atomic mass is 9.89. The van der Waals surface area contributed by atoms with Gasteiger partial charge in [0.2, 0.25) is 0 Å². The Morgan fingerprint density at radius 3 is 2.50 bits per heavy atom. The minimum absolute atomic E-state index is 0. The van der Waals surface area contributed by atoms with Crippen molar-refractivity contribution in [2.45, 2.75) is 32.6 Å². The number of halogens is 4. The summed E-state index contributed by atoms with van der Waals surface area (Å²) in [5.74, 6) is 0.657. The maximum absolute atomic E-state index is 13.4. The van der Waals surface area contributed by atoms with Gasteiger partial charge in [-0.05, 0) is 12.0 Å². The molecule has 2 heterocycles. The van der Waals surface area contributed by atoms with E-state index in [1.54, 1.807) is 6.07 Å². The highest BCUT2D eigenvalue weighted by Crippen LogP contribution is 2.47. The number of ether oxygens (including phenoxy) is 2. The second-order valence-corrected chi connectivity index (χ2v) is 5.96. The maximum Gasteiger partial charge on any atom is 0.586 e. The largest absolute Gasteiger partial charge is 0.586 e. The first-order chi connectivity index (χ1) is 10.5. The number of piperazine rings is 1. The van der Waals surface area contributed by atoms with Crippen molar-refractivity contribution in [1.29, 1.82) is 0 Å². The molecule has 0 aromatic heterocycles. The number of nitrogens with one attached hydrogen (secondary N) is 1. The van der Waals surface area contributed by atoms with Crippen molar-refractivity contribution >= 4 is 24.8 Å². The summed E-state index contributed by atoms with van der Waals surface area (Å²) in [7, 11) is 0. The number of fused-ring (bicyclic) bond motifs is 1. The van der Waals surface area contributed by atoms with Crippen LogP contribution in [-0.4, -0.2) is 37.4 Å². The van der Waals surface area contributed by atoms with Crippen molar-refractivity contribution in [3.63, 3.8) is 0 Å². The second kappa shape index (κ2) is 8.52. The van der Waals surface area contributed by atoms with E-state index in [1.165, 1.54) is 6.07 Å². The normalized spacial score (nSPS) is 21.3. The van der Waals surface area contributed by atoms with Gasteiger partial charge < -0.3 is 14.8 Å². The Morgan fingerprint density at radius 2 is 1.88 bits per heavy atom. The number of para-hydroxylation sites is 1. The van der Waals surface area contributed by atoms with E-state index in [-0.39, 0.29) is 42.4 Å². The minimum atomic E-state index is -3.57. The Kier molecular flexibility index (Phi) is 7.53. The lowest BCUT2D eigenvalue weighted by Gasteiger charge is -2.38. The Hall–Kier alpha value is -0.820. The van der Waals surface area contributed by atoms with E-state index in [0.29, 0.717) is 5.92 Å². The lowest BCUT2D eigenvalue weighted by molar-refractivity contribution is -0.287. The zero-order valence-electron chi connectivity index (χ0n) is 13.8. The molecule has 138 valence electrons. The molecule has 1 aromatic carbocycles. The first-order valence-corrected chi connectivity index (χ1v) is 7.85. The molecule has 4 nitrogen and oxygen atoms in total. The van der Waals surface area contributed by atoms with Crippen LogP contribution in [0.1, 0.15) is 31.9 Å². The fourth-order valence-electron chi connectivity index (χ4n) is 3.27. The molecule has 1 saturated heterocycles. The Balaban J connectivity index is 0.00000144. The molecule has 24 heavy (non-hydrogen) atoms. The summed E-state index contributed by atoms with van der Waals surface area (Å²) in [6, 6.07) is 5.23. The van der Waals surface area contributed by atoms with Crippen molar-refractivity contribution in [2.24, 2.45) is 5.92 Å². The summed E-state index contributed by atoms with van der Waals surface area (Å²) in [5, 5.41) is 3.33. The molecule has 2 atom stereocenters. The monoisotopic (exact) mass is 384 g/mol. The van der Waals surface area contributed by atoms with Gasteiger partial charge in [-0.15, -0.1) is 33.6 Å². The van der Waals surface area contributed by atoms with Crippen molar-refractivity contribution in [3.05, 3.63) is 23.8 Å². The molecule has 0 bridgehead atoms. The molecule has 1 fully saturated rings. The lowest BCUT2D eigenvalue weighted by Crippen LogP contribution is -2.46. The van der Waals surface area contributed by atoms with Crippen LogP contribution in [0.25, 0.3) is 0 Å². The molecular weight excluding hydrogens is 361 g/mol. The van der Waals surface area contributed by atoms with Crippen LogP contribution >= 0.6 is 24.8 Å². The number of benzene rings is 1. The summed E-state index contributed by atoms with van der Waals surface area (Å²) in [6.45, 7) is 7.89. The van der Waals surface area contributed by atoms with Crippen LogP contribution in [-0.2, 0) is 0 Å². The van der Waals surface area contributed by atoms with Crippen molar-refractivity contribution < 1.29 is 18.3 Å². The fraction of sp³-hybridized carbons (Fsp3) is 0.625. The van der Waals surface area contributed by atoms with Crippen molar-refractivity contribution in [2.75, 3.05) is 26.2 Å². The van der Waals surface area contributed by atoms with Gasteiger partial charge in [-0.3, -0.25) is 4.90 Å². The average Bonchev–Trinajstić information content (AvgIpc) is 2.83. The van der Waals surface area contributed by atoms with E-state index in [1.807, 2.05) is 6.07 Å². The zero-order valence-corrected chi connectivity index (χ0v) is 15.4. The summed E-state index contributed by atoms with van der Waals surface area (Å²) in [4.78, 5) is 2.35. The van der Waals surface area contributed by atoms with Gasteiger partial charge in [0.15, 0.2) is 11.5 Å². The molecule has 3 rings (SSSR count). The highest BCUT2D eigenvalue weighted by molar-refractivity contribution is 5.85. The number of alkyl halides is 2. The van der Waals surface area contributed by atoms with Crippen LogP contribution in [0.15, 0.2) is 18.2 Å². The predicted octanol–water partition coefficient (Wildman–Crippen LogP) is 3.84. The van der Waals surface area contributed by atoms with E-state index in [0.717, 1.165) is 38.2 Å². The molecule has 1 aromatic rings. The highest BCUT2D eigenvalue weighted by Gasteiger charge is 2.46. The smallest absolute Gasteiger partial charge is 0.395 e. The standard InChI is InChI=1S/C16H22F2N2O2.2ClH/c1-3-11(2)14(20-9-7-19-8-10-20)12-5-4-6-13-15(12)22-16(17,18)21-13;;/h4-6,11,14,19H,3,7-10H2,1-2H3;2*1H/t11?,14-;;/m1../s1. The van der Waals surface area contributed by atoms with Crippen LogP contribution in [0.4, 0.5) is 8.78 Å². The van der Waals surface area contributed by atoms with E-state index in [9.17, 15) is 8.78 Å². The van der Waals surface area contributed by atoms with Gasteiger partial charge in [-0.1, -0.05) is 32.4 Å². The molecule has 8 heteroatoms. The first kappa shape index (κ1) is 21.2. The van der Waals surface area contributed by atoms with E-state index in [2.05, 4.69) is 28.8 Å². The Labute approximate surface area is 153 Å². The predicted molar refractivity (Wildman–Crippen MR) is 93.8 cm³/mol. The molecular formula is C16H24Cl2F2N2O2. The summed E-state index contributed by atoms with van der Waals surface area (Å²) >= 11 is 0. The number of hydrogen-bond donors (Lipinski definition) is 1. The maximum atomic E-state index is 13.4. The SMILES string of the molecule is CCC(C)[C@H](c1cccc2c1OC(F)(F)O2)N1CCNCC1.Cl.Cl. The highest BCUT2D eigenvalue weighted by atomic mass is 35.5. The first-order valence-electron chi connectivity index (χ1n) is 7.85. The molecule has 0 spiro atoms. The average molecular weight is 385 g/mol. The third kappa shape index (κ3) is 4.23. The van der Waals surface area contributed by atoms with E-state index in [4.69, 9.17) is 4.74 Å². The van der Waals surface area contributed by atoms with E-state index < -0.39 is 6.29 Å². The van der Waals surface area contributed by atoms with Gasteiger partial charge >= 0.3 is 6.29 Å². The third-order valence-electron chi connectivity index (χ3n) is 4.51. The Bertz CT molecular complexity index is 543. The van der Waals surface area contributed by atoms with Crippen LogP contribution in [0, 0.1) is 5.92 Å². The van der Waals surface area contributed by atoms with Gasteiger partial charge in [0.05, 0.1) is 0 Å². The van der Waals surface area contributed by atoms with Crippen molar-refractivity contribution in [3.8, 4) is 11.5 Å². The molecule has 2 aliphatic heterocycles. The molecule has 0 radical (unpaired) electrons. The molecule has 0 amide bonds. The topological polar surface area (TPSA) is 33.7 Å². The van der Waals surface area contributed by atoms with Gasteiger partial charge in [-0.25, -0.2) is 0 Å². The van der Waals surface area contributed by atoms with Gasteiger partial charge in [0, 0.05) is 37.8 Å². The van der Waals surface area contributed by atoms with Gasteiger partial charge in [0.25, 0.3) is 0 Å². The van der Waals surface area contributed by atoms with Crippen LogP contribution in [0.3, 0.4) is 0 Å². The van der Waals surface area contributed by atoms with Crippen molar-refractivity contribution in [1.82, 2.24) is 10.2 Å². The van der Waals surface area contributed by atoms with Crippen LogP contribution < -0.4 is 14.8 Å². The number of hydrogen-bond acceptors (Lipinski definition) is 4. The van der Waals surface area contributed by atoms with Gasteiger partial charge in [0.1, 0.15) is 0 Å². The number of nitrogens with zero attached hydrogens (tertiary/aromatic N) is 1. The molecule has 0 aliphatic carbocycles. The molecule has 0 saturated carbocycles. The molecule has 1 unspecified atom stereocenters. The third-order valence-corrected chi connectivity index (χ3v) is 4.51.